The average molecular weight is 342 g/mol. The number of alkyl halides is 2. The van der Waals surface area contributed by atoms with Crippen molar-refractivity contribution in [3.8, 4) is 0 Å². The highest BCUT2D eigenvalue weighted by atomic mass is 32.2. The number of carbonyl (C=O) groups excluding carboxylic acids is 1. The Labute approximate surface area is 138 Å². The summed E-state index contributed by atoms with van der Waals surface area (Å²) in [5.74, 6) is -0.219. The summed E-state index contributed by atoms with van der Waals surface area (Å²) < 4.78 is 32.8. The van der Waals surface area contributed by atoms with E-state index in [1.165, 1.54) is 11.8 Å². The number of esters is 1. The number of fused-ring (bicyclic) bond motifs is 1. The molecule has 0 bridgehead atoms. The molecule has 2 aromatic rings. The Balaban J connectivity index is 2.19. The van der Waals surface area contributed by atoms with Crippen LogP contribution in [0.15, 0.2) is 24.3 Å². The largest absolute Gasteiger partial charge is 0.454 e. The van der Waals surface area contributed by atoms with Crippen LogP contribution in [0.1, 0.15) is 46.2 Å². The van der Waals surface area contributed by atoms with Crippen LogP contribution >= 0.6 is 11.8 Å². The number of halogens is 2. The lowest BCUT2D eigenvalue weighted by Crippen LogP contribution is -2.18. The fourth-order valence-corrected chi connectivity index (χ4v) is 2.73. The number of carbonyl (C=O) groups is 1. The molecule has 23 heavy (non-hydrogen) atoms. The molecule has 0 saturated heterocycles. The zero-order chi connectivity index (χ0) is 17.2. The normalized spacial score (nSPS) is 13.5. The molecule has 1 aromatic heterocycles. The molecule has 4 nitrogen and oxygen atoms in total. The molecular weight excluding hydrogens is 322 g/mol. The summed E-state index contributed by atoms with van der Waals surface area (Å²) in [6.07, 6.45) is -0.843. The van der Waals surface area contributed by atoms with Crippen LogP contribution in [0.25, 0.3) is 11.0 Å². The van der Waals surface area contributed by atoms with E-state index >= 15 is 0 Å². The van der Waals surface area contributed by atoms with Gasteiger partial charge in [0.2, 0.25) is 0 Å². The van der Waals surface area contributed by atoms with Crippen LogP contribution < -0.4 is 0 Å². The molecule has 0 saturated carbocycles. The Morgan fingerprint density at radius 3 is 2.61 bits per heavy atom. The molecule has 0 aliphatic rings. The van der Waals surface area contributed by atoms with E-state index in [2.05, 4.69) is 4.98 Å². The van der Waals surface area contributed by atoms with Crippen molar-refractivity contribution >= 4 is 28.8 Å². The number of hydrogen-bond donors (Lipinski definition) is 0. The Kier molecular flexibility index (Phi) is 5.29. The molecular formula is C16H20F2N2O2S. The lowest BCUT2D eigenvalue weighted by atomic mass is 10.3. The number of aromatic nitrogens is 2. The van der Waals surface area contributed by atoms with Gasteiger partial charge in [0.15, 0.2) is 11.9 Å². The second-order valence-electron chi connectivity index (χ2n) is 6.14. The van der Waals surface area contributed by atoms with Gasteiger partial charge in [0.1, 0.15) is 0 Å². The molecule has 1 aromatic carbocycles. The molecule has 1 heterocycles. The highest BCUT2D eigenvalue weighted by Crippen LogP contribution is 2.29. The average Bonchev–Trinajstić information content (AvgIpc) is 2.84. The summed E-state index contributed by atoms with van der Waals surface area (Å²) in [5, 5.41) is 0. The number of nitrogens with zero attached hydrogens (tertiary/aromatic N) is 2. The maximum atomic E-state index is 13.4. The van der Waals surface area contributed by atoms with Crippen LogP contribution in [0.2, 0.25) is 0 Å². The van der Waals surface area contributed by atoms with Crippen molar-refractivity contribution in [3.63, 3.8) is 0 Å². The predicted octanol–water partition coefficient (Wildman–Crippen LogP) is 4.57. The standard InChI is InChI=1S/C16H20F2N2O2S/c1-10(22-13(21)9-23-16(2,3)4)14-19-11-7-5-6-8-12(11)20(14)15(17)18/h5-8,10,15H,9H2,1-4H3. The van der Waals surface area contributed by atoms with E-state index in [9.17, 15) is 13.6 Å². The summed E-state index contributed by atoms with van der Waals surface area (Å²) in [5.41, 5.74) is 0.777. The minimum absolute atomic E-state index is 0.0512. The van der Waals surface area contributed by atoms with E-state index < -0.39 is 18.6 Å². The van der Waals surface area contributed by atoms with Gasteiger partial charge in [0, 0.05) is 4.75 Å². The van der Waals surface area contributed by atoms with Gasteiger partial charge in [0.25, 0.3) is 0 Å². The third-order valence-electron chi connectivity index (χ3n) is 3.11. The summed E-state index contributed by atoms with van der Waals surface area (Å²) in [7, 11) is 0. The SMILES string of the molecule is CC(OC(=O)CSC(C)(C)C)c1nc2ccccc2n1C(F)F. The first kappa shape index (κ1) is 17.7. The second kappa shape index (κ2) is 6.86. The zero-order valence-corrected chi connectivity index (χ0v) is 14.4. The van der Waals surface area contributed by atoms with Crippen molar-refractivity contribution in [2.24, 2.45) is 0 Å². The van der Waals surface area contributed by atoms with E-state index in [4.69, 9.17) is 4.74 Å². The van der Waals surface area contributed by atoms with Crippen molar-refractivity contribution in [3.05, 3.63) is 30.1 Å². The van der Waals surface area contributed by atoms with E-state index in [1.807, 2.05) is 20.8 Å². The van der Waals surface area contributed by atoms with Crippen LogP contribution in [0, 0.1) is 0 Å². The monoisotopic (exact) mass is 342 g/mol. The second-order valence-corrected chi connectivity index (χ2v) is 7.94. The van der Waals surface area contributed by atoms with Crippen LogP contribution in [-0.4, -0.2) is 26.0 Å². The molecule has 2 rings (SSSR count). The lowest BCUT2D eigenvalue weighted by Gasteiger charge is -2.18. The molecule has 0 fully saturated rings. The Bertz CT molecular complexity index is 695. The van der Waals surface area contributed by atoms with Crippen molar-refractivity contribution < 1.29 is 18.3 Å². The van der Waals surface area contributed by atoms with Gasteiger partial charge in [-0.15, -0.1) is 11.8 Å². The third-order valence-corrected chi connectivity index (χ3v) is 4.36. The third kappa shape index (κ3) is 4.43. The van der Waals surface area contributed by atoms with E-state index in [1.54, 1.807) is 31.2 Å². The number of hydrogen-bond acceptors (Lipinski definition) is 4. The smallest absolute Gasteiger partial charge is 0.320 e. The van der Waals surface area contributed by atoms with Gasteiger partial charge in [-0.3, -0.25) is 9.36 Å². The maximum Gasteiger partial charge on any atom is 0.320 e. The molecule has 126 valence electrons. The number of benzene rings is 1. The molecule has 7 heteroatoms. The Morgan fingerprint density at radius 2 is 2.00 bits per heavy atom. The lowest BCUT2D eigenvalue weighted by molar-refractivity contribution is -0.146. The molecule has 0 spiro atoms. The minimum atomic E-state index is -2.75. The molecule has 0 N–H and O–H groups in total. The van der Waals surface area contributed by atoms with E-state index in [0.29, 0.717) is 11.0 Å². The van der Waals surface area contributed by atoms with Gasteiger partial charge < -0.3 is 4.74 Å². The summed E-state index contributed by atoms with van der Waals surface area (Å²) in [4.78, 5) is 16.1. The van der Waals surface area contributed by atoms with Crippen LogP contribution in [0.5, 0.6) is 0 Å². The van der Waals surface area contributed by atoms with Gasteiger partial charge in [0.05, 0.1) is 16.8 Å². The van der Waals surface area contributed by atoms with Gasteiger partial charge >= 0.3 is 12.5 Å². The van der Waals surface area contributed by atoms with Gasteiger partial charge in [-0.2, -0.15) is 8.78 Å². The van der Waals surface area contributed by atoms with Crippen molar-refractivity contribution in [1.82, 2.24) is 9.55 Å². The fourth-order valence-electron chi connectivity index (χ4n) is 2.11. The molecule has 1 atom stereocenters. The van der Waals surface area contributed by atoms with Gasteiger partial charge in [-0.05, 0) is 19.1 Å². The van der Waals surface area contributed by atoms with E-state index in [-0.39, 0.29) is 16.3 Å². The fraction of sp³-hybridized carbons (Fsp3) is 0.500. The van der Waals surface area contributed by atoms with Crippen molar-refractivity contribution in [2.45, 2.75) is 45.1 Å². The number of rotatable bonds is 5. The first-order chi connectivity index (χ1) is 10.7. The van der Waals surface area contributed by atoms with Crippen molar-refractivity contribution in [1.29, 1.82) is 0 Å². The quantitative estimate of drug-likeness (QED) is 0.747. The maximum absolute atomic E-state index is 13.4. The minimum Gasteiger partial charge on any atom is -0.454 e. The predicted molar refractivity (Wildman–Crippen MR) is 87.7 cm³/mol. The number of imidazole rings is 1. The summed E-state index contributed by atoms with van der Waals surface area (Å²) >= 11 is 1.44. The Morgan fingerprint density at radius 1 is 1.35 bits per heavy atom. The van der Waals surface area contributed by atoms with Gasteiger partial charge in [-0.25, -0.2) is 4.98 Å². The van der Waals surface area contributed by atoms with Gasteiger partial charge in [-0.1, -0.05) is 32.9 Å². The topological polar surface area (TPSA) is 44.1 Å². The first-order valence-corrected chi connectivity index (χ1v) is 8.26. The first-order valence-electron chi connectivity index (χ1n) is 7.27. The summed E-state index contributed by atoms with van der Waals surface area (Å²) in [6, 6.07) is 6.62. The summed E-state index contributed by atoms with van der Waals surface area (Å²) in [6.45, 7) is 4.78. The van der Waals surface area contributed by atoms with Crippen molar-refractivity contribution in [2.75, 3.05) is 5.75 Å². The molecule has 0 amide bonds. The molecule has 0 aliphatic carbocycles. The molecule has 1 unspecified atom stereocenters. The molecule has 0 aliphatic heterocycles. The van der Waals surface area contributed by atoms with Crippen LogP contribution in [0.4, 0.5) is 8.78 Å². The zero-order valence-electron chi connectivity index (χ0n) is 13.5. The number of para-hydroxylation sites is 2. The van der Waals surface area contributed by atoms with Crippen LogP contribution in [0.3, 0.4) is 0 Å². The Hall–Kier alpha value is -1.63. The highest BCUT2D eigenvalue weighted by Gasteiger charge is 2.24. The highest BCUT2D eigenvalue weighted by molar-refractivity contribution is 8.01. The van der Waals surface area contributed by atoms with E-state index in [0.717, 1.165) is 4.57 Å². The number of ether oxygens (including phenoxy) is 1. The number of thioether (sulfide) groups is 1. The molecule has 0 radical (unpaired) electrons. The van der Waals surface area contributed by atoms with Crippen LogP contribution in [-0.2, 0) is 9.53 Å².